The number of ether oxygens (including phenoxy) is 3. The summed E-state index contributed by atoms with van der Waals surface area (Å²) in [5.74, 6) is -1.40. The van der Waals surface area contributed by atoms with Gasteiger partial charge < -0.3 is 19.3 Å². The standard InChI is InChI=1S/C15H16O6/c1-5-7-9(19-2)6-8-10(11(7)16)13(18)15(21-4)14(20-3)12(8)17/h6,16H,5H2,1-4H3. The number of benzene rings is 1. The van der Waals surface area contributed by atoms with Crippen LogP contribution in [0.5, 0.6) is 11.5 Å². The lowest BCUT2D eigenvalue weighted by Gasteiger charge is -2.22. The topological polar surface area (TPSA) is 82.1 Å². The van der Waals surface area contributed by atoms with Crippen LogP contribution in [0.3, 0.4) is 0 Å². The summed E-state index contributed by atoms with van der Waals surface area (Å²) in [5, 5.41) is 10.3. The van der Waals surface area contributed by atoms with Gasteiger partial charge in [0.15, 0.2) is 0 Å². The monoisotopic (exact) mass is 292 g/mol. The Morgan fingerprint density at radius 2 is 1.57 bits per heavy atom. The first kappa shape index (κ1) is 14.9. The molecule has 0 spiro atoms. The second-order valence-electron chi connectivity index (χ2n) is 4.41. The fourth-order valence-electron chi connectivity index (χ4n) is 2.43. The highest BCUT2D eigenvalue weighted by atomic mass is 16.5. The van der Waals surface area contributed by atoms with Crippen LogP contribution in [0.25, 0.3) is 0 Å². The lowest BCUT2D eigenvalue weighted by Crippen LogP contribution is -2.24. The van der Waals surface area contributed by atoms with Gasteiger partial charge in [0, 0.05) is 11.1 Å². The second-order valence-corrected chi connectivity index (χ2v) is 4.41. The predicted molar refractivity (Wildman–Crippen MR) is 73.7 cm³/mol. The molecule has 0 amide bonds. The molecule has 0 unspecified atom stereocenters. The van der Waals surface area contributed by atoms with Gasteiger partial charge in [0.2, 0.25) is 23.1 Å². The third-order valence-corrected chi connectivity index (χ3v) is 3.44. The third kappa shape index (κ3) is 2.03. The zero-order valence-electron chi connectivity index (χ0n) is 12.3. The summed E-state index contributed by atoms with van der Waals surface area (Å²) in [4.78, 5) is 24.8. The maximum Gasteiger partial charge on any atom is 0.236 e. The van der Waals surface area contributed by atoms with Crippen LogP contribution in [0.2, 0.25) is 0 Å². The fraction of sp³-hybridized carbons (Fsp3) is 0.333. The molecule has 0 heterocycles. The number of ketones is 2. The average Bonchev–Trinajstić information content (AvgIpc) is 2.49. The van der Waals surface area contributed by atoms with E-state index in [4.69, 9.17) is 14.2 Å². The van der Waals surface area contributed by atoms with Gasteiger partial charge in [-0.1, -0.05) is 6.92 Å². The minimum absolute atomic E-state index is 0.0456. The van der Waals surface area contributed by atoms with Crippen LogP contribution in [0.15, 0.2) is 17.6 Å². The van der Waals surface area contributed by atoms with Gasteiger partial charge in [-0.3, -0.25) is 9.59 Å². The van der Waals surface area contributed by atoms with Gasteiger partial charge >= 0.3 is 0 Å². The smallest absolute Gasteiger partial charge is 0.236 e. The number of carbonyl (C=O) groups is 2. The first-order valence-corrected chi connectivity index (χ1v) is 6.36. The van der Waals surface area contributed by atoms with Gasteiger partial charge in [-0.25, -0.2) is 0 Å². The predicted octanol–water partition coefficient (Wildman–Crippen LogP) is 1.85. The molecule has 6 nitrogen and oxygen atoms in total. The van der Waals surface area contributed by atoms with Gasteiger partial charge in [0.25, 0.3) is 0 Å². The summed E-state index contributed by atoms with van der Waals surface area (Å²) in [6.07, 6.45) is 0.451. The van der Waals surface area contributed by atoms with Crippen LogP contribution < -0.4 is 4.74 Å². The Bertz CT molecular complexity index is 657. The maximum absolute atomic E-state index is 12.4. The molecule has 0 saturated carbocycles. The van der Waals surface area contributed by atoms with E-state index in [0.29, 0.717) is 17.7 Å². The van der Waals surface area contributed by atoms with E-state index in [-0.39, 0.29) is 28.4 Å². The van der Waals surface area contributed by atoms with Crippen molar-refractivity contribution in [2.24, 2.45) is 0 Å². The minimum Gasteiger partial charge on any atom is -0.507 e. The van der Waals surface area contributed by atoms with Crippen molar-refractivity contribution in [3.8, 4) is 11.5 Å². The molecule has 1 aliphatic carbocycles. The van der Waals surface area contributed by atoms with Crippen LogP contribution in [0, 0.1) is 0 Å². The number of methoxy groups -OCH3 is 3. The van der Waals surface area contributed by atoms with Crippen molar-refractivity contribution in [1.29, 1.82) is 0 Å². The van der Waals surface area contributed by atoms with Gasteiger partial charge in [0.05, 0.1) is 26.9 Å². The highest BCUT2D eigenvalue weighted by Crippen LogP contribution is 2.39. The van der Waals surface area contributed by atoms with Crippen molar-refractivity contribution < 1.29 is 28.9 Å². The summed E-state index contributed by atoms with van der Waals surface area (Å²) in [5.41, 5.74) is 0.438. The summed E-state index contributed by atoms with van der Waals surface area (Å²) >= 11 is 0. The molecule has 1 aromatic rings. The van der Waals surface area contributed by atoms with Crippen LogP contribution >= 0.6 is 0 Å². The molecule has 0 atom stereocenters. The summed E-state index contributed by atoms with van der Waals surface area (Å²) < 4.78 is 15.1. The number of phenolic OH excluding ortho intramolecular Hbond substituents is 1. The molecule has 21 heavy (non-hydrogen) atoms. The molecular formula is C15H16O6. The zero-order chi connectivity index (χ0) is 15.7. The van der Waals surface area contributed by atoms with Crippen LogP contribution in [0.4, 0.5) is 0 Å². The molecule has 0 fully saturated rings. The van der Waals surface area contributed by atoms with E-state index in [1.807, 2.05) is 6.92 Å². The molecule has 0 aromatic heterocycles. The van der Waals surface area contributed by atoms with Crippen LogP contribution in [0.1, 0.15) is 33.2 Å². The highest BCUT2D eigenvalue weighted by Gasteiger charge is 2.38. The second kappa shape index (κ2) is 5.47. The molecule has 0 radical (unpaired) electrons. The Labute approximate surface area is 121 Å². The minimum atomic E-state index is -0.584. The molecule has 6 heteroatoms. The van der Waals surface area contributed by atoms with Crippen molar-refractivity contribution in [3.05, 3.63) is 34.3 Å². The summed E-state index contributed by atoms with van der Waals surface area (Å²) in [6, 6.07) is 1.44. The van der Waals surface area contributed by atoms with E-state index in [9.17, 15) is 14.7 Å². The van der Waals surface area contributed by atoms with Gasteiger partial charge in [-0.05, 0) is 12.5 Å². The lowest BCUT2D eigenvalue weighted by atomic mass is 9.88. The average molecular weight is 292 g/mol. The number of carbonyl (C=O) groups excluding carboxylic acids is 2. The molecule has 112 valence electrons. The van der Waals surface area contributed by atoms with Crippen LogP contribution in [-0.2, 0) is 15.9 Å². The van der Waals surface area contributed by atoms with E-state index >= 15 is 0 Å². The van der Waals surface area contributed by atoms with Gasteiger partial charge in [-0.15, -0.1) is 0 Å². The highest BCUT2D eigenvalue weighted by molar-refractivity contribution is 6.26. The SMILES string of the molecule is CCc1c(OC)cc2c(c1O)C(=O)C(OC)=C(OC)C2=O. The lowest BCUT2D eigenvalue weighted by molar-refractivity contribution is 0.0826. The van der Waals surface area contributed by atoms with E-state index in [1.54, 1.807) is 0 Å². The molecule has 0 saturated heterocycles. The Balaban J connectivity index is 2.80. The summed E-state index contributed by atoms with van der Waals surface area (Å²) in [7, 11) is 3.98. The van der Waals surface area contributed by atoms with Crippen molar-refractivity contribution in [2.75, 3.05) is 21.3 Å². The Kier molecular flexibility index (Phi) is 3.88. The van der Waals surface area contributed by atoms with Crippen molar-refractivity contribution in [2.45, 2.75) is 13.3 Å². The molecule has 1 N–H and O–H groups in total. The quantitative estimate of drug-likeness (QED) is 0.912. The van der Waals surface area contributed by atoms with Gasteiger partial charge in [-0.2, -0.15) is 0 Å². The number of Topliss-reactive ketones (excluding diaryl/α,β-unsaturated/α-hetero) is 2. The maximum atomic E-state index is 12.4. The first-order valence-electron chi connectivity index (χ1n) is 6.36. The van der Waals surface area contributed by atoms with Crippen molar-refractivity contribution >= 4 is 11.6 Å². The molecule has 0 bridgehead atoms. The van der Waals surface area contributed by atoms with Crippen molar-refractivity contribution in [1.82, 2.24) is 0 Å². The fourth-order valence-corrected chi connectivity index (χ4v) is 2.43. The Hall–Kier alpha value is -2.50. The molecule has 1 aromatic carbocycles. The third-order valence-electron chi connectivity index (χ3n) is 3.44. The van der Waals surface area contributed by atoms with E-state index in [2.05, 4.69) is 0 Å². The van der Waals surface area contributed by atoms with E-state index in [0.717, 1.165) is 0 Å². The Morgan fingerprint density at radius 3 is 2.05 bits per heavy atom. The first-order chi connectivity index (χ1) is 10.0. The molecule has 2 rings (SSSR count). The number of hydrogen-bond acceptors (Lipinski definition) is 6. The Morgan fingerprint density at radius 1 is 1.00 bits per heavy atom. The number of aromatic hydroxyl groups is 1. The number of fused-ring (bicyclic) bond motifs is 1. The number of rotatable bonds is 4. The van der Waals surface area contributed by atoms with Crippen LogP contribution in [-0.4, -0.2) is 38.0 Å². The number of allylic oxidation sites excluding steroid dienone is 2. The van der Waals surface area contributed by atoms with E-state index in [1.165, 1.54) is 27.4 Å². The van der Waals surface area contributed by atoms with Crippen molar-refractivity contribution in [3.63, 3.8) is 0 Å². The van der Waals surface area contributed by atoms with Gasteiger partial charge in [0.1, 0.15) is 11.5 Å². The molecule has 1 aliphatic rings. The summed E-state index contributed by atoms with van der Waals surface area (Å²) in [6.45, 7) is 1.81. The zero-order valence-corrected chi connectivity index (χ0v) is 12.3. The van der Waals surface area contributed by atoms with E-state index < -0.39 is 11.6 Å². The largest absolute Gasteiger partial charge is 0.507 e. The number of phenols is 1. The normalized spacial score (nSPS) is 14.1. The molecular weight excluding hydrogens is 276 g/mol. The molecule has 0 aliphatic heterocycles. The number of hydrogen-bond donors (Lipinski definition) is 1.